The zero-order valence-corrected chi connectivity index (χ0v) is 12.4. The molecule has 3 N–H and O–H groups in total. The minimum atomic E-state index is 0.190. The second-order valence-electron chi connectivity index (χ2n) is 6.94. The van der Waals surface area contributed by atoms with Crippen LogP contribution in [0.3, 0.4) is 0 Å². The Labute approximate surface area is 117 Å². The van der Waals surface area contributed by atoms with E-state index in [1.165, 1.54) is 44.9 Å². The molecule has 2 fully saturated rings. The van der Waals surface area contributed by atoms with Gasteiger partial charge in [0.15, 0.2) is 0 Å². The fraction of sp³-hybridized carbons (Fsp3) is 0.938. The maximum atomic E-state index is 12.3. The minimum absolute atomic E-state index is 0.190. The van der Waals surface area contributed by atoms with Crippen molar-refractivity contribution in [1.29, 1.82) is 0 Å². The minimum Gasteiger partial charge on any atom is -0.355 e. The molecule has 110 valence electrons. The molecule has 0 saturated heterocycles. The van der Waals surface area contributed by atoms with Crippen LogP contribution in [0.15, 0.2) is 0 Å². The molecule has 2 aliphatic carbocycles. The highest BCUT2D eigenvalue weighted by molar-refractivity contribution is 5.78. The maximum Gasteiger partial charge on any atom is 0.223 e. The van der Waals surface area contributed by atoms with Crippen molar-refractivity contribution in [1.82, 2.24) is 5.32 Å². The van der Waals surface area contributed by atoms with Crippen LogP contribution in [-0.4, -0.2) is 19.0 Å². The van der Waals surface area contributed by atoms with Gasteiger partial charge in [0.05, 0.1) is 0 Å². The van der Waals surface area contributed by atoms with Gasteiger partial charge in [-0.3, -0.25) is 4.79 Å². The molecule has 0 aromatic heterocycles. The molecule has 0 radical (unpaired) electrons. The number of hydrogen-bond acceptors (Lipinski definition) is 2. The first-order chi connectivity index (χ1) is 9.15. The number of nitrogens with one attached hydrogen (secondary N) is 1. The topological polar surface area (TPSA) is 55.1 Å². The van der Waals surface area contributed by atoms with Crippen LogP contribution in [0.2, 0.25) is 0 Å². The average Bonchev–Trinajstić information content (AvgIpc) is 2.46. The molecule has 2 aliphatic rings. The Morgan fingerprint density at radius 3 is 2.37 bits per heavy atom. The van der Waals surface area contributed by atoms with Gasteiger partial charge in [-0.2, -0.15) is 0 Å². The van der Waals surface area contributed by atoms with Crippen LogP contribution < -0.4 is 11.1 Å². The van der Waals surface area contributed by atoms with Gasteiger partial charge in [0.25, 0.3) is 0 Å². The number of hydrogen-bond donors (Lipinski definition) is 2. The summed E-state index contributed by atoms with van der Waals surface area (Å²) in [6.07, 6.45) is 10.8. The zero-order valence-electron chi connectivity index (χ0n) is 12.4. The van der Waals surface area contributed by atoms with Crippen molar-refractivity contribution in [2.45, 2.75) is 64.7 Å². The second kappa shape index (κ2) is 6.74. The predicted molar refractivity (Wildman–Crippen MR) is 78.7 cm³/mol. The molecule has 2 saturated carbocycles. The van der Waals surface area contributed by atoms with Crippen molar-refractivity contribution in [2.75, 3.05) is 13.1 Å². The third-order valence-corrected chi connectivity index (χ3v) is 5.37. The van der Waals surface area contributed by atoms with Crippen LogP contribution in [-0.2, 0) is 4.79 Å². The zero-order chi connectivity index (χ0) is 13.7. The number of amides is 1. The van der Waals surface area contributed by atoms with E-state index in [2.05, 4.69) is 12.2 Å². The molecule has 1 amide bonds. The lowest BCUT2D eigenvalue weighted by Gasteiger charge is -2.37. The van der Waals surface area contributed by atoms with Crippen molar-refractivity contribution in [2.24, 2.45) is 23.0 Å². The SMILES string of the molecule is CC1CCC(C(=O)NCC2(CN)CCCCC2)CC1. The smallest absolute Gasteiger partial charge is 0.223 e. The number of nitrogens with two attached hydrogens (primary N) is 1. The first-order valence-corrected chi connectivity index (χ1v) is 8.13. The molecule has 0 heterocycles. The van der Waals surface area contributed by atoms with Crippen LogP contribution >= 0.6 is 0 Å². The highest BCUT2D eigenvalue weighted by atomic mass is 16.1. The molecule has 0 aromatic rings. The van der Waals surface area contributed by atoms with E-state index in [0.717, 1.165) is 31.8 Å². The summed E-state index contributed by atoms with van der Waals surface area (Å²) >= 11 is 0. The summed E-state index contributed by atoms with van der Waals surface area (Å²) in [5.41, 5.74) is 6.16. The first-order valence-electron chi connectivity index (χ1n) is 8.13. The van der Waals surface area contributed by atoms with Crippen molar-refractivity contribution < 1.29 is 4.79 Å². The van der Waals surface area contributed by atoms with Crippen molar-refractivity contribution in [3.8, 4) is 0 Å². The average molecular weight is 266 g/mol. The van der Waals surface area contributed by atoms with E-state index in [0.29, 0.717) is 0 Å². The van der Waals surface area contributed by atoms with Gasteiger partial charge in [0, 0.05) is 12.5 Å². The highest BCUT2D eigenvalue weighted by Gasteiger charge is 2.32. The van der Waals surface area contributed by atoms with E-state index in [1.807, 2.05) is 0 Å². The molecule has 0 atom stereocenters. The lowest BCUT2D eigenvalue weighted by atomic mass is 9.74. The third-order valence-electron chi connectivity index (χ3n) is 5.37. The van der Waals surface area contributed by atoms with E-state index >= 15 is 0 Å². The number of rotatable bonds is 4. The summed E-state index contributed by atoms with van der Waals surface area (Å²) in [6.45, 7) is 3.81. The summed E-state index contributed by atoms with van der Waals surface area (Å²) in [4.78, 5) is 12.3. The van der Waals surface area contributed by atoms with Gasteiger partial charge in [-0.15, -0.1) is 0 Å². The second-order valence-corrected chi connectivity index (χ2v) is 6.94. The molecule has 0 aromatic carbocycles. The standard InChI is InChI=1S/C16H30N2O/c1-13-5-7-14(8-6-13)15(19)18-12-16(11-17)9-3-2-4-10-16/h13-14H,2-12,17H2,1H3,(H,18,19). The number of carbonyl (C=O) groups is 1. The molecule has 2 rings (SSSR count). The summed E-state index contributed by atoms with van der Waals surface area (Å²) in [6, 6.07) is 0. The molecule has 0 bridgehead atoms. The van der Waals surface area contributed by atoms with E-state index in [1.54, 1.807) is 0 Å². The Morgan fingerprint density at radius 2 is 1.79 bits per heavy atom. The Balaban J connectivity index is 1.78. The van der Waals surface area contributed by atoms with Crippen LogP contribution in [0.1, 0.15) is 64.7 Å². The molecule has 0 spiro atoms. The summed E-state index contributed by atoms with van der Waals surface area (Å²) in [7, 11) is 0. The molecule has 3 nitrogen and oxygen atoms in total. The van der Waals surface area contributed by atoms with E-state index in [9.17, 15) is 4.79 Å². The molecule has 3 heteroatoms. The quantitative estimate of drug-likeness (QED) is 0.822. The van der Waals surface area contributed by atoms with E-state index < -0.39 is 0 Å². The fourth-order valence-corrected chi connectivity index (χ4v) is 3.70. The van der Waals surface area contributed by atoms with Crippen LogP contribution in [0.5, 0.6) is 0 Å². The third kappa shape index (κ3) is 3.95. The van der Waals surface area contributed by atoms with Gasteiger partial charge in [0.2, 0.25) is 5.91 Å². The molecule has 0 aliphatic heterocycles. The van der Waals surface area contributed by atoms with Crippen molar-refractivity contribution >= 4 is 5.91 Å². The van der Waals surface area contributed by atoms with Gasteiger partial charge >= 0.3 is 0 Å². The van der Waals surface area contributed by atoms with Gasteiger partial charge < -0.3 is 11.1 Å². The fourth-order valence-electron chi connectivity index (χ4n) is 3.70. The van der Waals surface area contributed by atoms with Crippen LogP contribution in [0, 0.1) is 17.3 Å². The highest BCUT2D eigenvalue weighted by Crippen LogP contribution is 2.35. The predicted octanol–water partition coefficient (Wildman–Crippen LogP) is 2.84. The van der Waals surface area contributed by atoms with E-state index in [-0.39, 0.29) is 17.2 Å². The number of carbonyl (C=O) groups excluding carboxylic acids is 1. The van der Waals surface area contributed by atoms with E-state index in [4.69, 9.17) is 5.73 Å². The first kappa shape index (κ1) is 14.8. The Hall–Kier alpha value is -0.570. The lowest BCUT2D eigenvalue weighted by molar-refractivity contribution is -0.126. The van der Waals surface area contributed by atoms with Gasteiger partial charge in [-0.05, 0) is 56.4 Å². The maximum absolute atomic E-state index is 12.3. The van der Waals surface area contributed by atoms with Gasteiger partial charge in [-0.25, -0.2) is 0 Å². The summed E-state index contributed by atoms with van der Waals surface area (Å²) in [5.74, 6) is 1.35. The van der Waals surface area contributed by atoms with Crippen LogP contribution in [0.4, 0.5) is 0 Å². The Kier molecular flexibility index (Phi) is 5.26. The molecule has 19 heavy (non-hydrogen) atoms. The van der Waals surface area contributed by atoms with Crippen molar-refractivity contribution in [3.63, 3.8) is 0 Å². The van der Waals surface area contributed by atoms with Gasteiger partial charge in [0.1, 0.15) is 0 Å². The molecule has 0 unspecified atom stereocenters. The monoisotopic (exact) mass is 266 g/mol. The normalized spacial score (nSPS) is 30.8. The lowest BCUT2D eigenvalue weighted by Crippen LogP contribution is -2.45. The largest absolute Gasteiger partial charge is 0.355 e. The molecular weight excluding hydrogens is 236 g/mol. The Morgan fingerprint density at radius 1 is 1.16 bits per heavy atom. The van der Waals surface area contributed by atoms with Crippen molar-refractivity contribution in [3.05, 3.63) is 0 Å². The summed E-state index contributed by atoms with van der Waals surface area (Å²) in [5, 5.41) is 3.21. The van der Waals surface area contributed by atoms with Crippen LogP contribution in [0.25, 0.3) is 0 Å². The molecular formula is C16H30N2O. The summed E-state index contributed by atoms with van der Waals surface area (Å²) < 4.78 is 0. The Bertz CT molecular complexity index is 289. The van der Waals surface area contributed by atoms with Gasteiger partial charge in [-0.1, -0.05) is 26.2 Å².